The quantitative estimate of drug-likeness (QED) is 0.0231. The molecule has 5 amide bonds. The highest BCUT2D eigenvalue weighted by Gasteiger charge is 2.34. The van der Waals surface area contributed by atoms with Crippen LogP contribution in [0.5, 0.6) is 0 Å². The third kappa shape index (κ3) is 60.6. The summed E-state index contributed by atoms with van der Waals surface area (Å²) in [6, 6.07) is 0. The van der Waals surface area contributed by atoms with Gasteiger partial charge in [-0.25, -0.2) is 0 Å². The first-order valence-corrected chi connectivity index (χ1v) is 39.5. The van der Waals surface area contributed by atoms with E-state index in [2.05, 4.69) is 72.3 Å². The van der Waals surface area contributed by atoms with E-state index in [0.29, 0.717) is 124 Å². The molecular formula is C75H145N13O12. The number of amides is 5. The van der Waals surface area contributed by atoms with E-state index in [1.807, 2.05) is 6.92 Å². The molecule has 582 valence electrons. The topological polar surface area (TPSA) is 374 Å². The van der Waals surface area contributed by atoms with Crippen molar-refractivity contribution in [3.63, 3.8) is 0 Å². The summed E-state index contributed by atoms with van der Waals surface area (Å²) in [7, 11) is 0. The second kappa shape index (κ2) is 71.0. The number of ketones is 3. The summed E-state index contributed by atoms with van der Waals surface area (Å²) < 4.78 is 10.8. The number of hydrogen-bond donors (Lipinski definition) is 13. The SMILES string of the molecule is CCCCCCCCCCCCCCOC(=O)CCNCCNCCNC(=O)CC(CC(=O)CC(CC)C(=O)NCCNCCNCCC(=O)OCCCCCCCCCCCCCC)C(=O)CC(CC(=O)CC(CC(=O)NCCNCCN)C(=O)NCCCC)C(=O)NCCNCCN. The van der Waals surface area contributed by atoms with Gasteiger partial charge in [-0.15, -0.1) is 0 Å². The smallest absolute Gasteiger partial charge is 0.307 e. The molecule has 0 aromatic carbocycles. The Bertz CT molecular complexity index is 2100. The first-order valence-electron chi connectivity index (χ1n) is 39.5. The van der Waals surface area contributed by atoms with E-state index < -0.39 is 90.3 Å². The van der Waals surface area contributed by atoms with E-state index in [0.717, 1.165) is 38.5 Å². The molecule has 0 fully saturated rings. The summed E-state index contributed by atoms with van der Waals surface area (Å²) in [5, 5.41) is 33.2. The predicted molar refractivity (Wildman–Crippen MR) is 400 cm³/mol. The highest BCUT2D eigenvalue weighted by molar-refractivity contribution is 5.97. The van der Waals surface area contributed by atoms with Crippen LogP contribution >= 0.6 is 0 Å². The van der Waals surface area contributed by atoms with Crippen LogP contribution in [-0.4, -0.2) is 196 Å². The van der Waals surface area contributed by atoms with Gasteiger partial charge in [-0.2, -0.15) is 0 Å². The molecule has 0 aliphatic heterocycles. The molecule has 0 aliphatic rings. The monoisotopic (exact) mass is 1420 g/mol. The van der Waals surface area contributed by atoms with Crippen molar-refractivity contribution in [2.45, 2.75) is 259 Å². The molecule has 4 atom stereocenters. The molecule has 25 heteroatoms. The number of rotatable bonds is 76. The van der Waals surface area contributed by atoms with E-state index in [4.69, 9.17) is 20.9 Å². The molecule has 0 aromatic heterocycles. The van der Waals surface area contributed by atoms with Gasteiger partial charge in [-0.3, -0.25) is 47.9 Å². The molecule has 0 saturated carbocycles. The number of hydrogen-bond acceptors (Lipinski definition) is 20. The molecule has 0 saturated heterocycles. The van der Waals surface area contributed by atoms with Crippen LogP contribution in [0.1, 0.15) is 259 Å². The summed E-state index contributed by atoms with van der Waals surface area (Å²) in [5.74, 6) is -8.68. The van der Waals surface area contributed by atoms with Gasteiger partial charge >= 0.3 is 11.9 Å². The van der Waals surface area contributed by atoms with Gasteiger partial charge < -0.3 is 79.4 Å². The Hall–Kier alpha value is -5.02. The second-order valence-corrected chi connectivity index (χ2v) is 26.9. The number of nitrogens with one attached hydrogen (secondary N) is 11. The van der Waals surface area contributed by atoms with Crippen molar-refractivity contribution in [1.29, 1.82) is 0 Å². The van der Waals surface area contributed by atoms with Crippen molar-refractivity contribution in [2.24, 2.45) is 35.1 Å². The molecule has 0 rings (SSSR count). The van der Waals surface area contributed by atoms with E-state index in [1.54, 1.807) is 6.92 Å². The lowest BCUT2D eigenvalue weighted by Crippen LogP contribution is -2.41. The number of carbonyl (C=O) groups is 10. The van der Waals surface area contributed by atoms with Crippen LogP contribution < -0.4 is 70.0 Å². The third-order valence-corrected chi connectivity index (χ3v) is 17.7. The van der Waals surface area contributed by atoms with Crippen molar-refractivity contribution in [1.82, 2.24) is 58.5 Å². The van der Waals surface area contributed by atoms with Gasteiger partial charge in [-0.1, -0.05) is 175 Å². The maximum atomic E-state index is 14.6. The average Bonchev–Trinajstić information content (AvgIpc) is 0.878. The Labute approximate surface area is 603 Å². The minimum absolute atomic E-state index is 0.135. The largest absolute Gasteiger partial charge is 0.466 e. The Morgan fingerprint density at radius 2 is 0.570 bits per heavy atom. The average molecular weight is 1420 g/mol. The highest BCUT2D eigenvalue weighted by Crippen LogP contribution is 2.24. The van der Waals surface area contributed by atoms with Gasteiger partial charge in [0.1, 0.15) is 17.3 Å². The summed E-state index contributed by atoms with van der Waals surface area (Å²) in [6.45, 7) is 17.0. The molecule has 25 nitrogen and oxygen atoms in total. The van der Waals surface area contributed by atoms with Crippen molar-refractivity contribution >= 4 is 58.8 Å². The third-order valence-electron chi connectivity index (χ3n) is 17.7. The first-order chi connectivity index (χ1) is 48.6. The zero-order valence-electron chi connectivity index (χ0n) is 63.2. The van der Waals surface area contributed by atoms with Gasteiger partial charge in [0.05, 0.1) is 37.9 Å². The van der Waals surface area contributed by atoms with E-state index in [1.165, 1.54) is 122 Å². The van der Waals surface area contributed by atoms with Gasteiger partial charge in [0.15, 0.2) is 0 Å². The summed E-state index contributed by atoms with van der Waals surface area (Å²) in [6.07, 6.45) is 29.5. The highest BCUT2D eigenvalue weighted by atomic mass is 16.5. The molecular weight excluding hydrogens is 1270 g/mol. The predicted octanol–water partition coefficient (Wildman–Crippen LogP) is 6.40. The van der Waals surface area contributed by atoms with Crippen LogP contribution in [0.3, 0.4) is 0 Å². The van der Waals surface area contributed by atoms with Crippen LogP contribution in [-0.2, 0) is 57.4 Å². The molecule has 0 aromatic rings. The number of unbranched alkanes of at least 4 members (excludes halogenated alkanes) is 23. The van der Waals surface area contributed by atoms with Gasteiger partial charge in [0, 0.05) is 181 Å². The van der Waals surface area contributed by atoms with Gasteiger partial charge in [0.2, 0.25) is 29.5 Å². The van der Waals surface area contributed by atoms with Crippen molar-refractivity contribution in [3.05, 3.63) is 0 Å². The second-order valence-electron chi connectivity index (χ2n) is 26.9. The fourth-order valence-electron chi connectivity index (χ4n) is 11.5. The van der Waals surface area contributed by atoms with E-state index >= 15 is 0 Å². The van der Waals surface area contributed by atoms with E-state index in [9.17, 15) is 47.9 Å². The lowest BCUT2D eigenvalue weighted by Gasteiger charge is -2.22. The summed E-state index contributed by atoms with van der Waals surface area (Å²) in [5.41, 5.74) is 11.2. The van der Waals surface area contributed by atoms with Crippen LogP contribution in [0.25, 0.3) is 0 Å². The molecule has 0 heterocycles. The zero-order valence-corrected chi connectivity index (χ0v) is 63.2. The lowest BCUT2D eigenvalue weighted by molar-refractivity contribution is -0.144. The molecule has 0 aliphatic carbocycles. The number of nitrogens with two attached hydrogens (primary N) is 2. The van der Waals surface area contributed by atoms with Crippen molar-refractivity contribution < 1.29 is 57.4 Å². The van der Waals surface area contributed by atoms with Crippen LogP contribution in [0.15, 0.2) is 0 Å². The lowest BCUT2D eigenvalue weighted by atomic mass is 9.83. The molecule has 15 N–H and O–H groups in total. The molecule has 0 spiro atoms. The number of Topliss-reactive ketones (excluding diaryl/α,β-unsaturated/α-hetero) is 3. The number of esters is 2. The van der Waals surface area contributed by atoms with Gasteiger partial charge in [0.25, 0.3) is 0 Å². The molecule has 4 unspecified atom stereocenters. The minimum Gasteiger partial charge on any atom is -0.466 e. The van der Waals surface area contributed by atoms with Gasteiger partial charge in [-0.05, 0) is 25.7 Å². The van der Waals surface area contributed by atoms with Crippen molar-refractivity contribution in [3.8, 4) is 0 Å². The molecule has 100 heavy (non-hydrogen) atoms. The Morgan fingerprint density at radius 3 is 0.950 bits per heavy atom. The van der Waals surface area contributed by atoms with Crippen LogP contribution in [0, 0.1) is 23.7 Å². The number of ether oxygens (including phenoxy) is 2. The standard InChI is InChI=1S/C75H145N13O12/c1-5-9-12-14-16-18-20-22-24-26-28-30-53-99-71(94)32-37-78-41-43-82-46-50-84-69(92)60-63(56-66(89)55-62(8-4)73(96)87-52-48-83-44-42-79-38-33-72(95)100-54-31-29-27-25-23-21-19-17-15-13-10-6-2)68(91)59-64(74(97)88-51-47-81-40-35-77)57-67(90)58-65(75(98)86-36-11-7-3)61-70(93)85-49-45-80-39-34-76/h62-65,78-83H,5-61,76-77H2,1-4H3,(H,84,92)(H,85,93)(H,86,98)(H,87,96)(H,88,97). The van der Waals surface area contributed by atoms with Crippen LogP contribution in [0.4, 0.5) is 0 Å². The Morgan fingerprint density at radius 1 is 0.280 bits per heavy atom. The zero-order chi connectivity index (χ0) is 73.6. The normalized spacial score (nSPS) is 12.5. The maximum absolute atomic E-state index is 14.6. The fourth-order valence-corrected chi connectivity index (χ4v) is 11.5. The van der Waals surface area contributed by atoms with Crippen molar-refractivity contribution in [2.75, 3.05) is 138 Å². The molecule has 0 bridgehead atoms. The number of carbonyl (C=O) groups excluding carboxylic acids is 10. The summed E-state index contributed by atoms with van der Waals surface area (Å²) >= 11 is 0. The van der Waals surface area contributed by atoms with E-state index in [-0.39, 0.29) is 76.1 Å². The van der Waals surface area contributed by atoms with Crippen LogP contribution in [0.2, 0.25) is 0 Å². The Balaban J connectivity index is 5.68. The summed E-state index contributed by atoms with van der Waals surface area (Å²) in [4.78, 5) is 135. The Kier molecular flexibility index (Phi) is 67.4. The fraction of sp³-hybridized carbons (Fsp3) is 0.867. The molecule has 0 radical (unpaired) electrons. The minimum atomic E-state index is -1.25. The maximum Gasteiger partial charge on any atom is 0.307 e. The first kappa shape index (κ1) is 95.0.